The number of aryl methyl sites for hydroxylation is 2. The number of hydrogen-bond acceptors (Lipinski definition) is 2. The molecule has 23 heavy (non-hydrogen) atoms. The van der Waals surface area contributed by atoms with Crippen molar-refractivity contribution in [1.29, 1.82) is 0 Å². The predicted molar refractivity (Wildman–Crippen MR) is 91.7 cm³/mol. The van der Waals surface area contributed by atoms with Crippen LogP contribution in [0.2, 0.25) is 0 Å². The van der Waals surface area contributed by atoms with Gasteiger partial charge in [0.25, 0.3) is 0 Å². The molecule has 0 saturated carbocycles. The van der Waals surface area contributed by atoms with E-state index < -0.39 is 0 Å². The van der Waals surface area contributed by atoms with Crippen molar-refractivity contribution < 1.29 is 9.52 Å². The fraction of sp³-hybridized carbons (Fsp3) is 0.158. The molecule has 2 aromatic carbocycles. The Balaban J connectivity index is 2.41. The number of rotatable bonds is 0. The van der Waals surface area contributed by atoms with Crippen molar-refractivity contribution >= 4 is 38.5 Å². The van der Waals surface area contributed by atoms with Gasteiger partial charge in [0.1, 0.15) is 0 Å². The van der Waals surface area contributed by atoms with E-state index in [-0.39, 0.29) is 5.91 Å². The molecule has 0 N–H and O–H groups in total. The van der Waals surface area contributed by atoms with Gasteiger partial charge in [0.15, 0.2) is 12.4 Å². The number of nitrogens with zero attached hydrogens (tertiary/aromatic N) is 2. The minimum atomic E-state index is -0.00660. The summed E-state index contributed by atoms with van der Waals surface area (Å²) in [6.45, 7) is 5.61. The topological polar surface area (TPSA) is 48.9 Å². The molecule has 0 amide bonds. The van der Waals surface area contributed by atoms with Crippen LogP contribution in [0.4, 0.5) is 0 Å². The van der Waals surface area contributed by atoms with Gasteiger partial charge in [-0.1, -0.05) is 18.2 Å². The minimum absolute atomic E-state index is 0.00660. The molecule has 0 aliphatic heterocycles. The van der Waals surface area contributed by atoms with Crippen LogP contribution < -0.4 is 4.73 Å². The van der Waals surface area contributed by atoms with E-state index in [1.807, 2.05) is 44.2 Å². The van der Waals surface area contributed by atoms with Crippen molar-refractivity contribution in [2.75, 3.05) is 0 Å². The van der Waals surface area contributed by atoms with E-state index >= 15 is 0 Å². The molecule has 0 aliphatic carbocycles. The lowest BCUT2D eigenvalue weighted by molar-refractivity contribution is -0.603. The summed E-state index contributed by atoms with van der Waals surface area (Å²) in [4.78, 5) is 12.3. The molecular formula is C19H16N2O2. The fourth-order valence-electron chi connectivity index (χ4n) is 3.67. The molecule has 4 rings (SSSR count). The summed E-state index contributed by atoms with van der Waals surface area (Å²) in [5, 5.41) is 15.7. The van der Waals surface area contributed by atoms with Gasteiger partial charge in [-0.05, 0) is 36.4 Å². The predicted octanol–water partition coefficient (Wildman–Crippen LogP) is 3.86. The van der Waals surface area contributed by atoms with Gasteiger partial charge in [-0.15, -0.1) is 0 Å². The number of aromatic nitrogens is 2. The van der Waals surface area contributed by atoms with Gasteiger partial charge in [0.05, 0.1) is 16.4 Å². The third-order valence-electron chi connectivity index (χ3n) is 4.66. The van der Waals surface area contributed by atoms with Crippen molar-refractivity contribution in [3.8, 4) is 0 Å². The Morgan fingerprint density at radius 3 is 2.52 bits per heavy atom. The first-order chi connectivity index (χ1) is 11.0. The van der Waals surface area contributed by atoms with Gasteiger partial charge in [-0.3, -0.25) is 9.36 Å². The normalized spacial score (nSPS) is 11.6. The SMILES string of the molecule is CC(=O)n1c2ccccc2c2c(C)c3c[n+]([O-])ccc3c(C)c21. The molecular weight excluding hydrogens is 288 g/mol. The zero-order valence-electron chi connectivity index (χ0n) is 13.3. The number of para-hydroxylation sites is 1. The van der Waals surface area contributed by atoms with Crippen LogP contribution in [-0.4, -0.2) is 10.5 Å². The summed E-state index contributed by atoms with van der Waals surface area (Å²) in [6.07, 6.45) is 3.11. The molecule has 0 spiro atoms. The monoisotopic (exact) mass is 304 g/mol. The molecule has 0 saturated heterocycles. The van der Waals surface area contributed by atoms with Gasteiger partial charge < -0.3 is 5.21 Å². The number of fused-ring (bicyclic) bond motifs is 4. The Hall–Kier alpha value is -2.88. The third-order valence-corrected chi connectivity index (χ3v) is 4.66. The third kappa shape index (κ3) is 1.72. The molecule has 0 atom stereocenters. The second-order valence-corrected chi connectivity index (χ2v) is 5.98. The van der Waals surface area contributed by atoms with Crippen LogP contribution in [0.1, 0.15) is 22.8 Å². The van der Waals surface area contributed by atoms with Crippen LogP contribution in [-0.2, 0) is 0 Å². The van der Waals surface area contributed by atoms with Gasteiger partial charge in [-0.25, -0.2) is 0 Å². The van der Waals surface area contributed by atoms with Gasteiger partial charge >= 0.3 is 0 Å². The zero-order chi connectivity index (χ0) is 16.3. The molecule has 2 heterocycles. The summed E-state index contributed by atoms with van der Waals surface area (Å²) in [6, 6.07) is 9.74. The number of carbonyl (C=O) groups excluding carboxylic acids is 1. The Kier molecular flexibility index (Phi) is 2.73. The van der Waals surface area contributed by atoms with Crippen LogP contribution in [0.5, 0.6) is 0 Å². The lowest BCUT2D eigenvalue weighted by Crippen LogP contribution is -2.24. The molecule has 114 valence electrons. The van der Waals surface area contributed by atoms with Crippen molar-refractivity contribution in [2.24, 2.45) is 0 Å². The van der Waals surface area contributed by atoms with Crippen LogP contribution in [0.25, 0.3) is 32.6 Å². The maximum atomic E-state index is 12.3. The first-order valence-corrected chi connectivity index (χ1v) is 7.56. The smallest absolute Gasteiger partial charge is 0.228 e. The molecule has 4 heteroatoms. The summed E-state index contributed by atoms with van der Waals surface area (Å²) in [5.41, 5.74) is 3.90. The quantitative estimate of drug-likeness (QED) is 0.366. The highest BCUT2D eigenvalue weighted by Gasteiger charge is 2.20. The van der Waals surface area contributed by atoms with Crippen LogP contribution in [0.15, 0.2) is 42.7 Å². The lowest BCUT2D eigenvalue weighted by atomic mass is 9.97. The van der Waals surface area contributed by atoms with Gasteiger partial charge in [0.2, 0.25) is 5.91 Å². The highest BCUT2D eigenvalue weighted by atomic mass is 16.5. The van der Waals surface area contributed by atoms with Crippen molar-refractivity contribution in [3.05, 3.63) is 59.1 Å². The Morgan fingerprint density at radius 1 is 1.04 bits per heavy atom. The maximum absolute atomic E-state index is 12.3. The molecule has 4 aromatic rings. The van der Waals surface area contributed by atoms with E-state index in [0.29, 0.717) is 0 Å². The van der Waals surface area contributed by atoms with E-state index in [1.165, 1.54) is 6.20 Å². The molecule has 4 nitrogen and oxygen atoms in total. The molecule has 0 aliphatic rings. The standard InChI is InChI=1S/C19H16N2O2/c1-11-16-10-20(23)9-8-14(16)12(2)19-18(11)15-6-4-5-7-17(15)21(19)13(3)22/h4-10H,1-3H3. The Bertz CT molecular complexity index is 1120. The largest absolute Gasteiger partial charge is 0.619 e. The first-order valence-electron chi connectivity index (χ1n) is 7.56. The fourth-order valence-corrected chi connectivity index (χ4v) is 3.67. The summed E-state index contributed by atoms with van der Waals surface area (Å²) in [7, 11) is 0. The van der Waals surface area contributed by atoms with Crippen molar-refractivity contribution in [2.45, 2.75) is 20.8 Å². The van der Waals surface area contributed by atoms with Crippen molar-refractivity contribution in [1.82, 2.24) is 4.57 Å². The maximum Gasteiger partial charge on any atom is 0.228 e. The second kappa shape index (κ2) is 4.56. The van der Waals surface area contributed by atoms with E-state index in [0.717, 1.165) is 48.4 Å². The zero-order valence-corrected chi connectivity index (χ0v) is 13.3. The van der Waals surface area contributed by atoms with Crippen LogP contribution in [0.3, 0.4) is 0 Å². The lowest BCUT2D eigenvalue weighted by Gasteiger charge is -2.10. The summed E-state index contributed by atoms with van der Waals surface area (Å²) in [5.74, 6) is -0.00660. The van der Waals surface area contributed by atoms with Crippen LogP contribution >= 0.6 is 0 Å². The van der Waals surface area contributed by atoms with Crippen molar-refractivity contribution in [3.63, 3.8) is 0 Å². The molecule has 2 aromatic heterocycles. The number of pyridine rings is 1. The highest BCUT2D eigenvalue weighted by molar-refractivity contribution is 6.19. The van der Waals surface area contributed by atoms with E-state index in [2.05, 4.69) is 0 Å². The van der Waals surface area contributed by atoms with E-state index in [4.69, 9.17) is 0 Å². The average Bonchev–Trinajstić information content (AvgIpc) is 2.88. The van der Waals surface area contributed by atoms with Crippen LogP contribution in [0, 0.1) is 19.1 Å². The molecule has 0 fully saturated rings. The first kappa shape index (κ1) is 13.8. The van der Waals surface area contributed by atoms with E-state index in [9.17, 15) is 10.0 Å². The van der Waals surface area contributed by atoms with Gasteiger partial charge in [0, 0.05) is 23.8 Å². The van der Waals surface area contributed by atoms with Gasteiger partial charge in [-0.2, -0.15) is 4.73 Å². The highest BCUT2D eigenvalue weighted by Crippen LogP contribution is 2.38. The summed E-state index contributed by atoms with van der Waals surface area (Å²) >= 11 is 0. The Morgan fingerprint density at radius 2 is 1.78 bits per heavy atom. The molecule has 0 radical (unpaired) electrons. The average molecular weight is 304 g/mol. The number of hydrogen-bond donors (Lipinski definition) is 0. The number of carbonyl (C=O) groups is 1. The molecule has 0 bridgehead atoms. The summed E-state index contributed by atoms with van der Waals surface area (Å²) < 4.78 is 2.61. The van der Waals surface area contributed by atoms with E-state index in [1.54, 1.807) is 17.7 Å². The number of benzene rings is 2. The minimum Gasteiger partial charge on any atom is -0.619 e. The molecule has 0 unspecified atom stereocenters. The Labute approximate surface area is 133 Å². The second-order valence-electron chi connectivity index (χ2n) is 5.98.